The van der Waals surface area contributed by atoms with Gasteiger partial charge in [-0.25, -0.2) is 0 Å². The molecule has 0 spiro atoms. The van der Waals surface area contributed by atoms with E-state index in [1.54, 1.807) is 6.33 Å². The molecule has 0 bridgehead atoms. The summed E-state index contributed by atoms with van der Waals surface area (Å²) >= 11 is 5.01. The van der Waals surface area contributed by atoms with E-state index in [0.29, 0.717) is 4.77 Å². The molecule has 0 aliphatic rings. The molecule has 0 atom stereocenters. The Kier molecular flexibility index (Phi) is 4.50. The van der Waals surface area contributed by atoms with Crippen molar-refractivity contribution in [3.8, 4) is 5.69 Å². The number of nitrogens with one attached hydrogen (secondary N) is 1. The number of rotatable bonds is 1. The molecular formula is C8H7KN3S. The number of benzene rings is 1. The summed E-state index contributed by atoms with van der Waals surface area (Å²) in [4.78, 5) is 0. The molecule has 1 radical (unpaired) electrons. The maximum Gasteiger partial charge on any atom is 0.199 e. The van der Waals surface area contributed by atoms with Crippen molar-refractivity contribution < 1.29 is 0 Å². The Labute approximate surface area is 124 Å². The summed E-state index contributed by atoms with van der Waals surface area (Å²) in [5.41, 5.74) is 1.02. The molecule has 0 aliphatic carbocycles. The van der Waals surface area contributed by atoms with Gasteiger partial charge >= 0.3 is 0 Å². The smallest absolute Gasteiger partial charge is 0.199 e. The molecule has 5 heteroatoms. The van der Waals surface area contributed by atoms with E-state index in [4.69, 9.17) is 12.2 Å². The largest absolute Gasteiger partial charge is 0.275 e. The van der Waals surface area contributed by atoms with Gasteiger partial charge in [-0.1, -0.05) is 18.2 Å². The molecule has 2 rings (SSSR count). The zero-order valence-corrected chi connectivity index (χ0v) is 11.2. The van der Waals surface area contributed by atoms with Crippen molar-refractivity contribution in [3.05, 3.63) is 41.4 Å². The standard InChI is InChI=1S/C8H7N3S.K/c12-8-10-9-6-11(8)7-4-2-1-3-5-7;/h1-6H,(H,10,12);. The van der Waals surface area contributed by atoms with Crippen LogP contribution in [0.3, 0.4) is 0 Å². The third kappa shape index (κ3) is 2.58. The fourth-order valence-corrected chi connectivity index (χ4v) is 1.23. The summed E-state index contributed by atoms with van der Waals surface area (Å²) in [6, 6.07) is 9.85. The molecule has 1 heterocycles. The van der Waals surface area contributed by atoms with Crippen LogP contribution in [-0.4, -0.2) is 66.1 Å². The van der Waals surface area contributed by atoms with Crippen molar-refractivity contribution in [2.45, 2.75) is 0 Å². The Bertz CT molecular complexity index is 420. The van der Waals surface area contributed by atoms with Gasteiger partial charge in [-0.15, -0.1) is 0 Å². The van der Waals surface area contributed by atoms with Crippen LogP contribution < -0.4 is 0 Å². The van der Waals surface area contributed by atoms with E-state index in [0.717, 1.165) is 5.69 Å². The monoisotopic (exact) mass is 216 g/mol. The van der Waals surface area contributed by atoms with Gasteiger partial charge in [-0.2, -0.15) is 5.10 Å². The van der Waals surface area contributed by atoms with Gasteiger partial charge in [0.25, 0.3) is 0 Å². The SMILES string of the molecule is S=c1[nH]ncn1-c1ccccc1.[K]. The van der Waals surface area contributed by atoms with E-state index in [-0.39, 0.29) is 51.4 Å². The minimum absolute atomic E-state index is 0. The maximum atomic E-state index is 5.01. The van der Waals surface area contributed by atoms with E-state index in [1.165, 1.54) is 0 Å². The first-order valence-electron chi connectivity index (χ1n) is 3.55. The normalized spacial score (nSPS) is 9.23. The van der Waals surface area contributed by atoms with Crippen molar-refractivity contribution >= 4 is 63.6 Å². The zero-order chi connectivity index (χ0) is 8.39. The number of hydrogen-bond donors (Lipinski definition) is 1. The minimum atomic E-state index is 0. The summed E-state index contributed by atoms with van der Waals surface area (Å²) in [6.07, 6.45) is 1.66. The fourth-order valence-electron chi connectivity index (χ4n) is 1.02. The van der Waals surface area contributed by atoms with Gasteiger partial charge in [0.1, 0.15) is 6.33 Å². The van der Waals surface area contributed by atoms with E-state index < -0.39 is 0 Å². The number of nitrogens with zero attached hydrogens (tertiary/aromatic N) is 2. The van der Waals surface area contributed by atoms with Gasteiger partial charge in [0, 0.05) is 57.1 Å². The van der Waals surface area contributed by atoms with E-state index in [1.807, 2.05) is 34.9 Å². The van der Waals surface area contributed by atoms with Gasteiger partial charge in [0.15, 0.2) is 4.77 Å². The molecule has 0 amide bonds. The molecule has 3 nitrogen and oxygen atoms in total. The molecule has 1 N–H and O–H groups in total. The number of H-pyrrole nitrogens is 1. The third-order valence-corrected chi connectivity index (χ3v) is 1.87. The Morgan fingerprint density at radius 3 is 2.46 bits per heavy atom. The average molecular weight is 216 g/mol. The molecular weight excluding hydrogens is 209 g/mol. The fraction of sp³-hybridized carbons (Fsp3) is 0. The second-order valence-corrected chi connectivity index (χ2v) is 2.75. The van der Waals surface area contributed by atoms with Crippen LogP contribution in [0.1, 0.15) is 0 Å². The van der Waals surface area contributed by atoms with Crippen molar-refractivity contribution in [1.82, 2.24) is 14.8 Å². The summed E-state index contributed by atoms with van der Waals surface area (Å²) in [7, 11) is 0. The van der Waals surface area contributed by atoms with Crippen LogP contribution in [0.15, 0.2) is 36.7 Å². The van der Waals surface area contributed by atoms with Crippen LogP contribution in [0.25, 0.3) is 5.69 Å². The topological polar surface area (TPSA) is 33.6 Å². The van der Waals surface area contributed by atoms with Crippen LogP contribution in [0.4, 0.5) is 0 Å². The Hall–Kier alpha value is 0.216. The molecule has 0 fully saturated rings. The van der Waals surface area contributed by atoms with E-state index >= 15 is 0 Å². The molecule has 1 aromatic heterocycles. The molecule has 1 aromatic carbocycles. The number of aromatic amines is 1. The van der Waals surface area contributed by atoms with Crippen molar-refractivity contribution in [3.63, 3.8) is 0 Å². The maximum absolute atomic E-state index is 5.01. The van der Waals surface area contributed by atoms with Crippen LogP contribution in [0, 0.1) is 4.77 Å². The Morgan fingerprint density at radius 1 is 1.23 bits per heavy atom. The van der Waals surface area contributed by atoms with Crippen molar-refractivity contribution in [2.75, 3.05) is 0 Å². The predicted octanol–water partition coefficient (Wildman–Crippen LogP) is 1.55. The quantitative estimate of drug-likeness (QED) is 0.579. The summed E-state index contributed by atoms with van der Waals surface area (Å²) in [5.74, 6) is 0. The van der Waals surface area contributed by atoms with Crippen molar-refractivity contribution in [2.24, 2.45) is 0 Å². The Morgan fingerprint density at radius 2 is 1.92 bits per heavy atom. The van der Waals surface area contributed by atoms with Gasteiger partial charge in [0.05, 0.1) is 0 Å². The van der Waals surface area contributed by atoms with Gasteiger partial charge in [-0.05, 0) is 24.4 Å². The van der Waals surface area contributed by atoms with Gasteiger partial charge in [-0.3, -0.25) is 9.67 Å². The number of aromatic nitrogens is 3. The third-order valence-electron chi connectivity index (χ3n) is 1.59. The van der Waals surface area contributed by atoms with E-state index in [2.05, 4.69) is 10.2 Å². The van der Waals surface area contributed by atoms with Crippen LogP contribution in [0.5, 0.6) is 0 Å². The molecule has 2 aromatic rings. The van der Waals surface area contributed by atoms with Gasteiger partial charge in [0.2, 0.25) is 0 Å². The second-order valence-electron chi connectivity index (χ2n) is 2.37. The summed E-state index contributed by atoms with van der Waals surface area (Å²) in [5, 5.41) is 6.53. The van der Waals surface area contributed by atoms with Gasteiger partial charge < -0.3 is 0 Å². The molecule has 0 saturated carbocycles. The first-order chi connectivity index (χ1) is 5.88. The zero-order valence-electron chi connectivity index (χ0n) is 7.27. The van der Waals surface area contributed by atoms with E-state index in [9.17, 15) is 0 Å². The first-order valence-corrected chi connectivity index (χ1v) is 3.96. The van der Waals surface area contributed by atoms with Crippen molar-refractivity contribution in [1.29, 1.82) is 0 Å². The minimum Gasteiger partial charge on any atom is -0.275 e. The average Bonchev–Trinajstić information content (AvgIpc) is 2.53. The molecule has 13 heavy (non-hydrogen) atoms. The Balaban J connectivity index is 0.000000845. The van der Waals surface area contributed by atoms with Crippen LogP contribution >= 0.6 is 12.2 Å². The summed E-state index contributed by atoms with van der Waals surface area (Å²) < 4.78 is 2.43. The van der Waals surface area contributed by atoms with Crippen LogP contribution in [0.2, 0.25) is 0 Å². The second kappa shape index (κ2) is 5.19. The number of para-hydroxylation sites is 1. The molecule has 0 saturated heterocycles. The number of hydrogen-bond acceptors (Lipinski definition) is 2. The van der Waals surface area contributed by atoms with Crippen LogP contribution in [-0.2, 0) is 0 Å². The molecule has 0 aliphatic heterocycles. The predicted molar refractivity (Wildman–Crippen MR) is 54.5 cm³/mol. The first kappa shape index (κ1) is 11.3. The molecule has 61 valence electrons. The molecule has 0 unspecified atom stereocenters. The summed E-state index contributed by atoms with van der Waals surface area (Å²) in [6.45, 7) is 0.